The number of ether oxygens (including phenoxy) is 2. The summed E-state index contributed by atoms with van der Waals surface area (Å²) in [7, 11) is 5.39. The van der Waals surface area contributed by atoms with Crippen LogP contribution in [-0.4, -0.2) is 37.9 Å². The highest BCUT2D eigenvalue weighted by Crippen LogP contribution is 2.32. The molecular formula is C20H27NO3. The van der Waals surface area contributed by atoms with E-state index >= 15 is 0 Å². The first kappa shape index (κ1) is 18.3. The van der Waals surface area contributed by atoms with Gasteiger partial charge in [0.25, 0.3) is 0 Å². The molecule has 0 saturated carbocycles. The Morgan fingerprint density at radius 1 is 1.04 bits per heavy atom. The summed E-state index contributed by atoms with van der Waals surface area (Å²) in [5.41, 5.74) is 3.57. The third-order valence-electron chi connectivity index (χ3n) is 4.38. The summed E-state index contributed by atoms with van der Waals surface area (Å²) in [4.78, 5) is 2.26. The third kappa shape index (κ3) is 4.28. The number of nitrogens with zero attached hydrogens (tertiary/aromatic N) is 1. The van der Waals surface area contributed by atoms with Crippen LogP contribution in [0.3, 0.4) is 0 Å². The molecular weight excluding hydrogens is 302 g/mol. The SMILES string of the molecule is COc1cc(C)c(CN(C)C(CCO)c2ccccc2)cc1OC. The van der Waals surface area contributed by atoms with E-state index in [2.05, 4.69) is 31.0 Å². The van der Waals surface area contributed by atoms with Crippen molar-refractivity contribution in [1.82, 2.24) is 4.90 Å². The number of aryl methyl sites for hydroxylation is 1. The maximum absolute atomic E-state index is 9.45. The minimum absolute atomic E-state index is 0.162. The number of aliphatic hydroxyl groups excluding tert-OH is 1. The Labute approximate surface area is 144 Å². The fourth-order valence-corrected chi connectivity index (χ4v) is 3.01. The van der Waals surface area contributed by atoms with Crippen LogP contribution in [0.5, 0.6) is 11.5 Å². The normalized spacial score (nSPS) is 12.2. The van der Waals surface area contributed by atoms with Crippen molar-refractivity contribution in [2.24, 2.45) is 0 Å². The molecule has 1 N–H and O–H groups in total. The van der Waals surface area contributed by atoms with Gasteiger partial charge >= 0.3 is 0 Å². The Morgan fingerprint density at radius 2 is 1.67 bits per heavy atom. The highest BCUT2D eigenvalue weighted by molar-refractivity contribution is 5.47. The molecule has 0 spiro atoms. The monoisotopic (exact) mass is 329 g/mol. The van der Waals surface area contributed by atoms with Crippen LogP contribution in [0.2, 0.25) is 0 Å². The van der Waals surface area contributed by atoms with Crippen LogP contribution in [0.25, 0.3) is 0 Å². The topological polar surface area (TPSA) is 41.9 Å². The van der Waals surface area contributed by atoms with E-state index in [4.69, 9.17) is 9.47 Å². The van der Waals surface area contributed by atoms with Crippen LogP contribution in [-0.2, 0) is 6.54 Å². The Hall–Kier alpha value is -2.04. The molecule has 0 amide bonds. The molecule has 0 aliphatic carbocycles. The Morgan fingerprint density at radius 3 is 2.25 bits per heavy atom. The number of methoxy groups -OCH3 is 2. The summed E-state index contributed by atoms with van der Waals surface area (Å²) in [6.07, 6.45) is 0.701. The molecule has 2 rings (SSSR count). The molecule has 4 nitrogen and oxygen atoms in total. The molecule has 0 heterocycles. The molecule has 24 heavy (non-hydrogen) atoms. The van der Waals surface area contributed by atoms with Crippen LogP contribution >= 0.6 is 0 Å². The summed E-state index contributed by atoms with van der Waals surface area (Å²) in [6, 6.07) is 14.5. The molecule has 2 aromatic carbocycles. The van der Waals surface area contributed by atoms with Crippen LogP contribution in [0.4, 0.5) is 0 Å². The van der Waals surface area contributed by atoms with Gasteiger partial charge in [0.15, 0.2) is 11.5 Å². The maximum atomic E-state index is 9.45. The van der Waals surface area contributed by atoms with Gasteiger partial charge in [-0.15, -0.1) is 0 Å². The van der Waals surface area contributed by atoms with Gasteiger partial charge < -0.3 is 14.6 Å². The summed E-state index contributed by atoms with van der Waals surface area (Å²) in [6.45, 7) is 3.01. The first-order valence-corrected chi connectivity index (χ1v) is 8.18. The van der Waals surface area contributed by atoms with E-state index in [0.29, 0.717) is 6.42 Å². The lowest BCUT2D eigenvalue weighted by atomic mass is 10.0. The van der Waals surface area contributed by atoms with Gasteiger partial charge in [0.2, 0.25) is 0 Å². The third-order valence-corrected chi connectivity index (χ3v) is 4.38. The average molecular weight is 329 g/mol. The zero-order valence-electron chi connectivity index (χ0n) is 15.0. The number of aliphatic hydroxyl groups is 1. The first-order chi connectivity index (χ1) is 11.6. The van der Waals surface area contributed by atoms with Crippen LogP contribution in [0.1, 0.15) is 29.2 Å². The summed E-state index contributed by atoms with van der Waals surface area (Å²) < 4.78 is 10.8. The van der Waals surface area contributed by atoms with Crippen LogP contribution < -0.4 is 9.47 Å². The smallest absolute Gasteiger partial charge is 0.161 e. The van der Waals surface area contributed by atoms with E-state index < -0.39 is 0 Å². The van der Waals surface area contributed by atoms with Crippen molar-refractivity contribution < 1.29 is 14.6 Å². The van der Waals surface area contributed by atoms with Crippen LogP contribution in [0.15, 0.2) is 42.5 Å². The number of hydrogen-bond donors (Lipinski definition) is 1. The second-order valence-electron chi connectivity index (χ2n) is 5.99. The molecule has 0 saturated heterocycles. The second kappa shape index (κ2) is 8.71. The lowest BCUT2D eigenvalue weighted by Gasteiger charge is -2.29. The van der Waals surface area contributed by atoms with Gasteiger partial charge in [0, 0.05) is 19.2 Å². The summed E-state index contributed by atoms with van der Waals surface area (Å²) >= 11 is 0. The minimum atomic E-state index is 0.162. The fraction of sp³-hybridized carbons (Fsp3) is 0.400. The summed E-state index contributed by atoms with van der Waals surface area (Å²) in [5.74, 6) is 1.49. The van der Waals surface area contributed by atoms with E-state index in [-0.39, 0.29) is 12.6 Å². The van der Waals surface area contributed by atoms with Crippen molar-refractivity contribution in [3.8, 4) is 11.5 Å². The predicted molar refractivity (Wildman–Crippen MR) is 96.6 cm³/mol. The maximum Gasteiger partial charge on any atom is 0.161 e. The molecule has 0 bridgehead atoms. The lowest BCUT2D eigenvalue weighted by molar-refractivity contribution is 0.179. The predicted octanol–water partition coefficient (Wildman–Crippen LogP) is 3.57. The molecule has 2 aromatic rings. The molecule has 0 aliphatic rings. The molecule has 0 aliphatic heterocycles. The van der Waals surface area contributed by atoms with Gasteiger partial charge in [-0.1, -0.05) is 30.3 Å². The van der Waals surface area contributed by atoms with Gasteiger partial charge in [-0.2, -0.15) is 0 Å². The molecule has 0 aromatic heterocycles. The molecule has 4 heteroatoms. The fourth-order valence-electron chi connectivity index (χ4n) is 3.01. The average Bonchev–Trinajstić information content (AvgIpc) is 2.61. The largest absolute Gasteiger partial charge is 0.493 e. The van der Waals surface area contributed by atoms with E-state index in [1.54, 1.807) is 14.2 Å². The Kier molecular flexibility index (Phi) is 6.64. The van der Waals surface area contributed by atoms with Crippen molar-refractivity contribution in [1.29, 1.82) is 0 Å². The zero-order valence-corrected chi connectivity index (χ0v) is 15.0. The standard InChI is InChI=1S/C20H27NO3/c1-15-12-19(23-3)20(24-4)13-17(15)14-21(2)18(10-11-22)16-8-6-5-7-9-16/h5-9,12-13,18,22H,10-11,14H2,1-4H3. The van der Waals surface area contributed by atoms with E-state index in [1.807, 2.05) is 30.3 Å². The van der Waals surface area contributed by atoms with Crippen molar-refractivity contribution in [2.75, 3.05) is 27.9 Å². The molecule has 0 fully saturated rings. The van der Waals surface area contributed by atoms with Crippen molar-refractivity contribution in [3.63, 3.8) is 0 Å². The number of benzene rings is 2. The van der Waals surface area contributed by atoms with Crippen molar-refractivity contribution in [3.05, 3.63) is 59.2 Å². The van der Waals surface area contributed by atoms with Gasteiger partial charge in [-0.05, 0) is 49.2 Å². The van der Waals surface area contributed by atoms with Crippen LogP contribution in [0, 0.1) is 6.92 Å². The zero-order chi connectivity index (χ0) is 17.5. The molecule has 1 atom stereocenters. The Bertz CT molecular complexity index is 643. The highest BCUT2D eigenvalue weighted by atomic mass is 16.5. The number of rotatable bonds is 8. The lowest BCUT2D eigenvalue weighted by Crippen LogP contribution is -2.25. The highest BCUT2D eigenvalue weighted by Gasteiger charge is 2.18. The molecule has 1 unspecified atom stereocenters. The van der Waals surface area contributed by atoms with Crippen molar-refractivity contribution in [2.45, 2.75) is 25.9 Å². The minimum Gasteiger partial charge on any atom is -0.493 e. The quantitative estimate of drug-likeness (QED) is 0.804. The molecule has 130 valence electrons. The first-order valence-electron chi connectivity index (χ1n) is 8.18. The van der Waals surface area contributed by atoms with E-state index in [0.717, 1.165) is 23.6 Å². The van der Waals surface area contributed by atoms with E-state index in [1.165, 1.54) is 11.1 Å². The second-order valence-corrected chi connectivity index (χ2v) is 5.99. The van der Waals surface area contributed by atoms with Gasteiger partial charge in [-0.3, -0.25) is 4.90 Å². The van der Waals surface area contributed by atoms with Gasteiger partial charge in [0.05, 0.1) is 14.2 Å². The van der Waals surface area contributed by atoms with E-state index in [9.17, 15) is 5.11 Å². The summed E-state index contributed by atoms with van der Waals surface area (Å²) in [5, 5.41) is 9.45. The van der Waals surface area contributed by atoms with Crippen molar-refractivity contribution >= 4 is 0 Å². The number of hydrogen-bond acceptors (Lipinski definition) is 4. The molecule has 0 radical (unpaired) electrons. The van der Waals surface area contributed by atoms with Gasteiger partial charge in [-0.25, -0.2) is 0 Å². The Balaban J connectivity index is 2.25. The van der Waals surface area contributed by atoms with Gasteiger partial charge in [0.1, 0.15) is 0 Å².